The first-order valence-electron chi connectivity index (χ1n) is 6.64. The molecule has 0 unspecified atom stereocenters. The lowest BCUT2D eigenvalue weighted by Crippen LogP contribution is -2.26. The van der Waals surface area contributed by atoms with Gasteiger partial charge in [-0.3, -0.25) is 0 Å². The van der Waals surface area contributed by atoms with E-state index in [9.17, 15) is 13.2 Å². The molecule has 1 aliphatic rings. The Morgan fingerprint density at radius 1 is 1.09 bits per heavy atom. The second-order valence-corrected chi connectivity index (χ2v) is 7.13. The average Bonchev–Trinajstić information content (AvgIpc) is 2.55. The summed E-state index contributed by atoms with van der Waals surface area (Å²) in [6, 6.07) is 13.3. The number of rotatable bonds is 2. The minimum Gasteiger partial charge on any atom is -0.465 e. The number of hydrogen-bond acceptors (Lipinski definition) is 5. The van der Waals surface area contributed by atoms with Gasteiger partial charge in [-0.05, 0) is 36.4 Å². The first-order chi connectivity index (χ1) is 10.9. The monoisotopic (exact) mass is 349 g/mol. The van der Waals surface area contributed by atoms with Crippen molar-refractivity contribution in [2.24, 2.45) is 0 Å². The Balaban J connectivity index is 2.25. The Morgan fingerprint density at radius 3 is 2.39 bits per heavy atom. The number of methoxy groups -OCH3 is 1. The number of esters is 1. The van der Waals surface area contributed by atoms with Crippen molar-refractivity contribution < 1.29 is 17.9 Å². The molecule has 0 fully saturated rings. The van der Waals surface area contributed by atoms with Gasteiger partial charge in [-0.15, -0.1) is 0 Å². The Hall–Kier alpha value is -2.31. The molecule has 0 aliphatic carbocycles. The van der Waals surface area contributed by atoms with Gasteiger partial charge in [0, 0.05) is 16.9 Å². The lowest BCUT2D eigenvalue weighted by molar-refractivity contribution is -0.135. The third-order valence-electron chi connectivity index (χ3n) is 3.44. The Labute approximate surface area is 138 Å². The molecule has 0 aromatic heterocycles. The lowest BCUT2D eigenvalue weighted by atomic mass is 10.2. The van der Waals surface area contributed by atoms with Gasteiger partial charge in [-0.2, -0.15) is 0 Å². The number of hydrogen-bond donors (Lipinski definition) is 0. The highest BCUT2D eigenvalue weighted by Gasteiger charge is 2.36. The summed E-state index contributed by atoms with van der Waals surface area (Å²) in [5.74, 6) is -0.904. The third-order valence-corrected chi connectivity index (χ3v) is 5.47. The molecule has 2 aromatic rings. The summed E-state index contributed by atoms with van der Waals surface area (Å²) in [4.78, 5) is 13.2. The van der Waals surface area contributed by atoms with Gasteiger partial charge >= 0.3 is 5.97 Å². The first-order valence-corrected chi connectivity index (χ1v) is 8.50. The summed E-state index contributed by atoms with van der Waals surface area (Å²) in [6.45, 7) is 0. The maximum Gasteiger partial charge on any atom is 0.351 e. The van der Waals surface area contributed by atoms with Crippen molar-refractivity contribution in [2.75, 3.05) is 12.0 Å². The molecule has 0 spiro atoms. The second-order valence-electron chi connectivity index (χ2n) is 4.80. The number of carbonyl (C=O) groups excluding carboxylic acids is 1. The van der Waals surface area contributed by atoms with Crippen molar-refractivity contribution in [3.05, 3.63) is 64.7 Å². The summed E-state index contributed by atoms with van der Waals surface area (Å²) < 4.78 is 29.8. The van der Waals surface area contributed by atoms with Gasteiger partial charge in [-0.1, -0.05) is 23.7 Å². The summed E-state index contributed by atoms with van der Waals surface area (Å²) in [5, 5.41) is 0.559. The SMILES string of the molecule is COC(=O)C1=CN(c2ccc(Cl)cc2)c2ccccc2S1(=O)=O. The van der Waals surface area contributed by atoms with Crippen LogP contribution in [0.2, 0.25) is 5.02 Å². The first kappa shape index (κ1) is 15.6. The normalized spacial score (nSPS) is 15.6. The Kier molecular flexibility index (Phi) is 3.87. The van der Waals surface area contributed by atoms with Crippen molar-refractivity contribution in [2.45, 2.75) is 4.90 Å². The predicted octanol–water partition coefficient (Wildman–Crippen LogP) is 3.28. The molecular weight excluding hydrogens is 338 g/mol. The van der Waals surface area contributed by atoms with Crippen LogP contribution in [0.1, 0.15) is 0 Å². The zero-order valence-electron chi connectivity index (χ0n) is 12.1. The highest BCUT2D eigenvalue weighted by molar-refractivity contribution is 7.96. The molecule has 118 valence electrons. The highest BCUT2D eigenvalue weighted by atomic mass is 35.5. The number of para-hydroxylation sites is 1. The van der Waals surface area contributed by atoms with Crippen molar-refractivity contribution in [3.63, 3.8) is 0 Å². The van der Waals surface area contributed by atoms with E-state index < -0.39 is 20.7 Å². The van der Waals surface area contributed by atoms with Crippen LogP contribution in [0.25, 0.3) is 0 Å². The number of benzene rings is 2. The van der Waals surface area contributed by atoms with Crippen LogP contribution in [-0.2, 0) is 19.4 Å². The van der Waals surface area contributed by atoms with Crippen LogP contribution in [0, 0.1) is 0 Å². The molecular formula is C16H12ClNO4S. The molecule has 23 heavy (non-hydrogen) atoms. The van der Waals surface area contributed by atoms with Gasteiger partial charge in [0.15, 0.2) is 4.91 Å². The van der Waals surface area contributed by atoms with Crippen LogP contribution in [0.15, 0.2) is 64.5 Å². The summed E-state index contributed by atoms with van der Waals surface area (Å²) >= 11 is 5.89. The van der Waals surface area contributed by atoms with Crippen LogP contribution in [0.3, 0.4) is 0 Å². The smallest absolute Gasteiger partial charge is 0.351 e. The zero-order chi connectivity index (χ0) is 16.6. The molecule has 1 heterocycles. The standard InChI is InChI=1S/C16H12ClNO4S/c1-22-16(19)15-10-18(12-8-6-11(17)7-9-12)13-4-2-3-5-14(13)23(15,20)21/h2-10H,1H3. The molecule has 5 nitrogen and oxygen atoms in total. The molecule has 0 bridgehead atoms. The molecule has 1 aliphatic heterocycles. The van der Waals surface area contributed by atoms with E-state index in [1.165, 1.54) is 12.3 Å². The van der Waals surface area contributed by atoms with E-state index in [0.29, 0.717) is 16.4 Å². The number of fused-ring (bicyclic) bond motifs is 1. The van der Waals surface area contributed by atoms with Crippen molar-refractivity contribution in [3.8, 4) is 0 Å². The Morgan fingerprint density at radius 2 is 1.74 bits per heavy atom. The van der Waals surface area contributed by atoms with Gasteiger partial charge in [0.1, 0.15) is 0 Å². The molecule has 0 radical (unpaired) electrons. The molecule has 0 saturated heterocycles. The van der Waals surface area contributed by atoms with Gasteiger partial charge in [0.2, 0.25) is 9.84 Å². The maximum absolute atomic E-state index is 12.6. The zero-order valence-corrected chi connectivity index (χ0v) is 13.6. The topological polar surface area (TPSA) is 63.7 Å². The number of halogens is 1. The van der Waals surface area contributed by atoms with Crippen molar-refractivity contribution >= 4 is 38.8 Å². The quantitative estimate of drug-likeness (QED) is 0.778. The fourth-order valence-corrected chi connectivity index (χ4v) is 3.95. The molecule has 0 N–H and O–H groups in total. The molecule has 0 atom stereocenters. The third kappa shape index (κ3) is 2.60. The van der Waals surface area contributed by atoms with Gasteiger partial charge in [0.05, 0.1) is 17.7 Å². The molecule has 0 saturated carbocycles. The van der Waals surface area contributed by atoms with Crippen LogP contribution in [-0.4, -0.2) is 21.5 Å². The predicted molar refractivity (Wildman–Crippen MR) is 87.3 cm³/mol. The number of nitrogens with zero attached hydrogens (tertiary/aromatic N) is 1. The van der Waals surface area contributed by atoms with E-state index >= 15 is 0 Å². The van der Waals surface area contributed by atoms with E-state index in [0.717, 1.165) is 7.11 Å². The largest absolute Gasteiger partial charge is 0.465 e. The molecule has 2 aromatic carbocycles. The molecule has 7 heteroatoms. The van der Waals surface area contributed by atoms with E-state index in [1.807, 2.05) is 0 Å². The van der Waals surface area contributed by atoms with E-state index in [1.54, 1.807) is 47.4 Å². The number of sulfone groups is 1. The van der Waals surface area contributed by atoms with E-state index in [4.69, 9.17) is 11.6 Å². The average molecular weight is 350 g/mol. The minimum absolute atomic E-state index is 0.0536. The second kappa shape index (κ2) is 5.72. The Bertz CT molecular complexity index is 904. The van der Waals surface area contributed by atoms with Crippen LogP contribution in [0.4, 0.5) is 11.4 Å². The number of anilines is 2. The van der Waals surface area contributed by atoms with Crippen LogP contribution in [0.5, 0.6) is 0 Å². The highest BCUT2D eigenvalue weighted by Crippen LogP contribution is 2.39. The van der Waals surface area contributed by atoms with Crippen LogP contribution >= 0.6 is 11.6 Å². The maximum atomic E-state index is 12.6. The van der Waals surface area contributed by atoms with E-state index in [2.05, 4.69) is 4.74 Å². The van der Waals surface area contributed by atoms with Gasteiger partial charge < -0.3 is 9.64 Å². The summed E-state index contributed by atoms with van der Waals surface area (Å²) in [6.07, 6.45) is 1.27. The number of carbonyl (C=O) groups is 1. The minimum atomic E-state index is -3.92. The molecule has 3 rings (SSSR count). The number of ether oxygens (including phenoxy) is 1. The summed E-state index contributed by atoms with van der Waals surface area (Å²) in [5.41, 5.74) is 1.14. The van der Waals surface area contributed by atoms with Gasteiger partial charge in [0.25, 0.3) is 0 Å². The summed E-state index contributed by atoms with van der Waals surface area (Å²) in [7, 11) is -2.78. The van der Waals surface area contributed by atoms with Crippen LogP contribution < -0.4 is 4.90 Å². The lowest BCUT2D eigenvalue weighted by Gasteiger charge is -2.28. The fraction of sp³-hybridized carbons (Fsp3) is 0.0625. The fourth-order valence-electron chi connectivity index (χ4n) is 2.34. The molecule has 0 amide bonds. The van der Waals surface area contributed by atoms with Crippen molar-refractivity contribution in [1.82, 2.24) is 0 Å². The van der Waals surface area contributed by atoms with E-state index in [-0.39, 0.29) is 4.90 Å². The van der Waals surface area contributed by atoms with Gasteiger partial charge in [-0.25, -0.2) is 13.2 Å². The van der Waals surface area contributed by atoms with Crippen molar-refractivity contribution in [1.29, 1.82) is 0 Å².